The third-order valence-corrected chi connectivity index (χ3v) is 22.5. The van der Waals surface area contributed by atoms with Gasteiger partial charge in [-0.2, -0.15) is 0 Å². The van der Waals surface area contributed by atoms with Gasteiger partial charge in [0.25, 0.3) is 22.2 Å². The van der Waals surface area contributed by atoms with E-state index in [1.165, 1.54) is 11.1 Å². The standard InChI is InChI=1S/C30H22N2O2.2C24H18N2O2.C23H16N2O2/c1-18-7-11-20(12-8-18)31-25-15-16-26-28-24(22-5-3-4-6-23(22)30(34)29(25)28)17-27(33)32(26)21-13-9-19(2)10-14-21;1-14-6-5-7-15(12-14)25-19-10-11-20-22-18(13-21(27)26(20)2)16-8-3-4-9-17(16)24(28)23(19)22;1-14-7-9-15(10-8-14)25-19-11-12-20-22-18(13-21(27)26(20)2)16-5-3-4-6-17(16)24(28)23(19)22;1-25-19-12-11-18(24-14-7-3-2-4-8-14)22-21(19)17(13-20(25)26)15-9-5-6-10-16(15)23(22)27/h3-17,31H,1-2H3;2*3-13,25H,1-2H3;2-13,24H,1H3. The lowest BCUT2D eigenvalue weighted by Gasteiger charge is -2.24. The van der Waals surface area contributed by atoms with Crippen LogP contribution in [0.25, 0.3) is 93.8 Å². The summed E-state index contributed by atoms with van der Waals surface area (Å²) in [6, 6.07) is 93.5. The first-order chi connectivity index (χ1) is 56.7. The van der Waals surface area contributed by atoms with Crippen LogP contribution in [-0.2, 0) is 21.1 Å². The number of ketones is 4. The number of hydrogen-bond acceptors (Lipinski definition) is 12. The van der Waals surface area contributed by atoms with Crippen LogP contribution in [0.2, 0.25) is 0 Å². The summed E-state index contributed by atoms with van der Waals surface area (Å²) >= 11 is 0. The Bertz CT molecular complexity index is 7380. The highest BCUT2D eigenvalue weighted by atomic mass is 16.2. The monoisotopic (exact) mass is 1530 g/mol. The summed E-state index contributed by atoms with van der Waals surface area (Å²) in [4.78, 5) is 105. The highest BCUT2D eigenvalue weighted by Crippen LogP contribution is 2.47. The van der Waals surface area contributed by atoms with Crippen LogP contribution >= 0.6 is 0 Å². The van der Waals surface area contributed by atoms with Crippen LogP contribution in [-0.4, -0.2) is 41.4 Å². The van der Waals surface area contributed by atoms with E-state index in [4.69, 9.17) is 0 Å². The maximum absolute atomic E-state index is 13.8. The Morgan fingerprint density at radius 1 is 0.214 bits per heavy atom. The summed E-state index contributed by atoms with van der Waals surface area (Å²) in [5.74, 6) is -0.123. The van der Waals surface area contributed by atoms with Gasteiger partial charge in [-0.1, -0.05) is 180 Å². The van der Waals surface area contributed by atoms with Crippen molar-refractivity contribution in [2.75, 3.05) is 21.3 Å². The number of aryl methyl sites for hydroxylation is 7. The number of benzene rings is 13. The van der Waals surface area contributed by atoms with Gasteiger partial charge < -0.3 is 35.0 Å². The van der Waals surface area contributed by atoms with E-state index in [1.807, 2.05) is 301 Å². The average Bonchev–Trinajstić information content (AvgIpc) is 0.739. The van der Waals surface area contributed by atoms with Crippen LogP contribution in [0.1, 0.15) is 85.9 Å². The lowest BCUT2D eigenvalue weighted by Crippen LogP contribution is -2.22. The first kappa shape index (κ1) is 73.1. The second-order valence-corrected chi connectivity index (χ2v) is 29.9. The molecule has 4 aliphatic rings. The molecule has 21 rings (SSSR count). The van der Waals surface area contributed by atoms with Gasteiger partial charge in [0, 0.05) is 118 Å². The highest BCUT2D eigenvalue weighted by Gasteiger charge is 2.34. The van der Waals surface area contributed by atoms with Crippen molar-refractivity contribution < 1.29 is 19.2 Å². The molecule has 0 saturated heterocycles. The van der Waals surface area contributed by atoms with Crippen LogP contribution in [0.3, 0.4) is 0 Å². The molecule has 13 aromatic carbocycles. The Kier molecular flexibility index (Phi) is 18.3. The molecule has 16 heteroatoms. The first-order valence-electron chi connectivity index (χ1n) is 38.4. The molecule has 4 aliphatic carbocycles. The third kappa shape index (κ3) is 12.8. The van der Waals surface area contributed by atoms with E-state index in [0.717, 1.165) is 150 Å². The van der Waals surface area contributed by atoms with E-state index in [9.17, 15) is 38.4 Å². The first-order valence-corrected chi connectivity index (χ1v) is 38.4. The number of rotatable bonds is 9. The van der Waals surface area contributed by atoms with Crippen molar-refractivity contribution in [3.05, 3.63) is 405 Å². The van der Waals surface area contributed by atoms with Gasteiger partial charge in [0.05, 0.1) is 67.1 Å². The maximum atomic E-state index is 13.8. The van der Waals surface area contributed by atoms with Gasteiger partial charge in [-0.15, -0.1) is 0 Å². The second-order valence-electron chi connectivity index (χ2n) is 29.9. The van der Waals surface area contributed by atoms with Crippen molar-refractivity contribution >= 4 is 112 Å². The van der Waals surface area contributed by atoms with Crippen molar-refractivity contribution in [2.24, 2.45) is 21.1 Å². The van der Waals surface area contributed by atoms with E-state index in [2.05, 4.69) is 21.3 Å². The highest BCUT2D eigenvalue weighted by molar-refractivity contribution is 6.32. The SMILES string of the molecule is Cc1ccc(Nc2ccc3c4c(cc(=O)n3-c3ccc(C)cc3)-c3ccccc3C(=O)c24)cc1.Cc1ccc(Nc2ccc3c4c(cc(=O)n3C)-c3ccccc3C(=O)c24)cc1.Cc1cccc(Nc2ccc3c4c(cc(=O)n3C)-c3ccccc3C(=O)c24)c1.Cn1c(=O)cc2c3c(c(Nc4ccccc4)ccc31)C(=O)c1ccccc1-2. The summed E-state index contributed by atoms with van der Waals surface area (Å²) in [6.07, 6.45) is 0. The van der Waals surface area contributed by atoms with Crippen molar-refractivity contribution in [2.45, 2.75) is 27.7 Å². The molecule has 0 bridgehead atoms. The van der Waals surface area contributed by atoms with E-state index >= 15 is 0 Å². The van der Waals surface area contributed by atoms with Crippen molar-refractivity contribution in [3.63, 3.8) is 0 Å². The zero-order valence-electron chi connectivity index (χ0n) is 64.8. The number of nitrogens with zero attached hydrogens (tertiary/aromatic N) is 4. The predicted octanol–water partition coefficient (Wildman–Crippen LogP) is 20.7. The molecular weight excluding hydrogens is 1450 g/mol. The molecule has 4 heterocycles. The Morgan fingerprint density at radius 2 is 0.487 bits per heavy atom. The normalized spacial score (nSPS) is 12.1. The average molecular weight is 1530 g/mol. The molecule has 0 amide bonds. The third-order valence-electron chi connectivity index (χ3n) is 22.5. The molecule has 17 aromatic rings. The fourth-order valence-electron chi connectivity index (χ4n) is 16.6. The van der Waals surface area contributed by atoms with Crippen molar-refractivity contribution in [3.8, 4) is 50.2 Å². The second kappa shape index (κ2) is 29.3. The minimum atomic E-state index is -0.124. The summed E-state index contributed by atoms with van der Waals surface area (Å²) in [5.41, 5.74) is 26.0. The van der Waals surface area contributed by atoms with Gasteiger partial charge in [-0.3, -0.25) is 42.9 Å². The Morgan fingerprint density at radius 3 is 0.829 bits per heavy atom. The van der Waals surface area contributed by atoms with Gasteiger partial charge in [-0.25, -0.2) is 0 Å². The lowest BCUT2D eigenvalue weighted by atomic mass is 9.83. The number of anilines is 8. The number of hydrogen-bond donors (Lipinski definition) is 4. The largest absolute Gasteiger partial charge is 0.355 e. The van der Waals surface area contributed by atoms with Gasteiger partial charge in [0.2, 0.25) is 0 Å². The molecule has 4 aromatic heterocycles. The van der Waals surface area contributed by atoms with Crippen LogP contribution in [0.15, 0.2) is 316 Å². The van der Waals surface area contributed by atoms with E-state index in [-0.39, 0.29) is 45.4 Å². The fraction of sp³-hybridized carbons (Fsp3) is 0.0693. The molecule has 16 nitrogen and oxygen atoms in total. The maximum Gasteiger partial charge on any atom is 0.256 e. The molecule has 0 saturated carbocycles. The van der Waals surface area contributed by atoms with Crippen LogP contribution in [0.5, 0.6) is 0 Å². The number of carbonyl (C=O) groups is 4. The van der Waals surface area contributed by atoms with Crippen LogP contribution in [0, 0.1) is 27.7 Å². The number of fused-ring (bicyclic) bond motifs is 8. The van der Waals surface area contributed by atoms with Crippen LogP contribution in [0.4, 0.5) is 45.5 Å². The number of aromatic nitrogens is 4. The molecule has 566 valence electrons. The van der Waals surface area contributed by atoms with Gasteiger partial charge in [0.1, 0.15) is 0 Å². The topological polar surface area (TPSA) is 204 Å². The van der Waals surface area contributed by atoms with Crippen LogP contribution < -0.4 is 43.5 Å². The molecule has 0 spiro atoms. The number of carbonyl (C=O) groups excluding carboxylic acids is 4. The van der Waals surface area contributed by atoms with Gasteiger partial charge in [0.15, 0.2) is 23.1 Å². The molecule has 117 heavy (non-hydrogen) atoms. The Labute approximate surface area is 671 Å². The minimum absolute atomic E-state index is 0.0255. The van der Waals surface area contributed by atoms with Crippen molar-refractivity contribution in [1.29, 1.82) is 0 Å². The summed E-state index contributed by atoms with van der Waals surface area (Å²) in [5, 5.41) is 16.9. The van der Waals surface area contributed by atoms with Gasteiger partial charge >= 0.3 is 0 Å². The van der Waals surface area contributed by atoms with E-state index in [0.29, 0.717) is 44.5 Å². The Balaban J connectivity index is 0.000000108. The summed E-state index contributed by atoms with van der Waals surface area (Å²) in [6.45, 7) is 8.13. The number of pyridine rings is 4. The minimum Gasteiger partial charge on any atom is -0.355 e. The molecule has 0 fully saturated rings. The molecule has 0 aliphatic heterocycles. The quantitative estimate of drug-likeness (QED) is 0.107. The summed E-state index contributed by atoms with van der Waals surface area (Å²) in [7, 11) is 5.22. The molecule has 0 atom stereocenters. The molecule has 4 N–H and O–H groups in total. The smallest absolute Gasteiger partial charge is 0.256 e. The zero-order chi connectivity index (χ0) is 80.8. The summed E-state index contributed by atoms with van der Waals surface area (Å²) < 4.78 is 6.48. The van der Waals surface area contributed by atoms with E-state index in [1.54, 1.807) is 63.7 Å². The number of nitrogens with one attached hydrogen (secondary N) is 4. The number of para-hydroxylation sites is 1. The molecule has 0 unspecified atom stereocenters. The lowest BCUT2D eigenvalue weighted by molar-refractivity contribution is 0.103. The van der Waals surface area contributed by atoms with Gasteiger partial charge in [-0.05, 0) is 187 Å². The fourth-order valence-corrected chi connectivity index (χ4v) is 16.6. The Hall–Kier alpha value is -15.4. The molecule has 0 radical (unpaired) electrons. The predicted molar refractivity (Wildman–Crippen MR) is 470 cm³/mol. The molecular formula is C101H74N8O8. The van der Waals surface area contributed by atoms with Crippen molar-refractivity contribution in [1.82, 2.24) is 18.3 Å². The van der Waals surface area contributed by atoms with E-state index < -0.39 is 0 Å². The zero-order valence-corrected chi connectivity index (χ0v) is 64.8.